The normalized spacial score (nSPS) is 26.2. The lowest BCUT2D eigenvalue weighted by Crippen LogP contribution is -2.63. The van der Waals surface area contributed by atoms with Crippen LogP contribution >= 0.6 is 0 Å². The van der Waals surface area contributed by atoms with Crippen molar-refractivity contribution in [1.82, 2.24) is 39.8 Å². The van der Waals surface area contributed by atoms with Gasteiger partial charge in [0.05, 0.1) is 37.1 Å². The summed E-state index contributed by atoms with van der Waals surface area (Å²) in [6.07, 6.45) is -1.62. The molecule has 0 saturated carbocycles. The number of likely N-dealkylation sites (N-methyl/N-ethyl adjacent to an activating group) is 1. The molecule has 2 aromatic heterocycles. The van der Waals surface area contributed by atoms with Crippen LogP contribution in [-0.4, -0.2) is 120 Å². The molecule has 58 heavy (non-hydrogen) atoms. The van der Waals surface area contributed by atoms with Crippen LogP contribution in [0.3, 0.4) is 0 Å². The maximum absolute atomic E-state index is 14.6. The summed E-state index contributed by atoms with van der Waals surface area (Å²) in [6.45, 7) is 5.27. The number of halogens is 2. The van der Waals surface area contributed by atoms with Gasteiger partial charge in [0, 0.05) is 43.2 Å². The molecule has 3 aliphatic heterocycles. The second-order valence-electron chi connectivity index (χ2n) is 15.8. The standard InChI is InChI=1S/C41H44F2N8O7/c1-41(2,3)58-40(54)49-21-32(36(52)33(22-49)51-20-30(45-47-51)26-13-9-15-28(43)17-26)48(4)38(53)34-18-31(50-19-29(44-46-50)25-12-8-14-27(42)16-25)37-35(56-34)23-55-39(57-37)24-10-6-5-7-11-24/h5-17,19-20,31-37,39,52H,18,21-23H2,1-4H3/t31-,32-,33-,34-,35-,36-,37-,39-/m1/s1. The lowest BCUT2D eigenvalue weighted by Gasteiger charge is -2.48. The van der Waals surface area contributed by atoms with Crippen molar-refractivity contribution in [3.63, 3.8) is 0 Å². The summed E-state index contributed by atoms with van der Waals surface area (Å²) < 4.78 is 56.1. The highest BCUT2D eigenvalue weighted by molar-refractivity contribution is 5.81. The first-order chi connectivity index (χ1) is 27.8. The maximum Gasteiger partial charge on any atom is 0.410 e. The van der Waals surface area contributed by atoms with Gasteiger partial charge < -0.3 is 33.9 Å². The number of hydrogen-bond donors (Lipinski definition) is 1. The third-order valence-corrected chi connectivity index (χ3v) is 10.6. The van der Waals surface area contributed by atoms with Crippen LogP contribution in [0.1, 0.15) is 51.1 Å². The van der Waals surface area contributed by atoms with Crippen LogP contribution in [0.2, 0.25) is 0 Å². The van der Waals surface area contributed by atoms with Gasteiger partial charge in [-0.25, -0.2) is 22.9 Å². The molecule has 8 atom stereocenters. The molecule has 1 N–H and O–H groups in total. The first kappa shape index (κ1) is 39.2. The van der Waals surface area contributed by atoms with Gasteiger partial charge in [0.15, 0.2) is 6.29 Å². The second kappa shape index (κ2) is 16.0. The van der Waals surface area contributed by atoms with Gasteiger partial charge in [0.2, 0.25) is 0 Å². The van der Waals surface area contributed by atoms with Gasteiger partial charge in [0.1, 0.15) is 53.0 Å². The monoisotopic (exact) mass is 798 g/mol. The van der Waals surface area contributed by atoms with E-state index in [1.165, 1.54) is 38.7 Å². The molecule has 5 heterocycles. The van der Waals surface area contributed by atoms with E-state index in [4.69, 9.17) is 18.9 Å². The molecule has 3 fully saturated rings. The number of benzene rings is 3. The van der Waals surface area contributed by atoms with Crippen LogP contribution in [0, 0.1) is 11.6 Å². The third-order valence-electron chi connectivity index (χ3n) is 10.6. The van der Waals surface area contributed by atoms with Gasteiger partial charge in [-0.3, -0.25) is 4.79 Å². The number of piperidine rings is 1. The summed E-state index contributed by atoms with van der Waals surface area (Å²) in [5.74, 6) is -1.33. The average molecular weight is 799 g/mol. The maximum atomic E-state index is 14.6. The lowest BCUT2D eigenvalue weighted by atomic mass is 9.92. The minimum Gasteiger partial charge on any atom is -0.444 e. The SMILES string of the molecule is CN(C(=O)[C@H]1C[C@@H](n2cc(-c3cccc(F)c3)nn2)[C@H]2O[C@H](c3ccccc3)OC[C@H]2O1)[C@@H]1CN(C(=O)OC(C)(C)C)C[C@@H](n2cc(-c3cccc(F)c3)nn2)[C@@H]1O. The molecule has 0 radical (unpaired) electrons. The van der Waals surface area contributed by atoms with Crippen molar-refractivity contribution in [2.75, 3.05) is 26.7 Å². The predicted molar refractivity (Wildman–Crippen MR) is 203 cm³/mol. The van der Waals surface area contributed by atoms with E-state index in [0.717, 1.165) is 5.56 Å². The molecule has 304 valence electrons. The molecule has 0 bridgehead atoms. The zero-order chi connectivity index (χ0) is 40.7. The summed E-state index contributed by atoms with van der Waals surface area (Å²) in [6, 6.07) is 19.0. The van der Waals surface area contributed by atoms with Crippen LogP contribution in [0.15, 0.2) is 91.3 Å². The topological polar surface area (TPSA) is 159 Å². The van der Waals surface area contributed by atoms with Crippen LogP contribution in [0.5, 0.6) is 0 Å². The number of rotatable bonds is 7. The number of hydrogen-bond acceptors (Lipinski definition) is 11. The van der Waals surface area contributed by atoms with Gasteiger partial charge in [-0.05, 0) is 45.0 Å². The number of likely N-dealkylation sites (tertiary alicyclic amines) is 1. The van der Waals surface area contributed by atoms with Gasteiger partial charge in [-0.2, -0.15) is 0 Å². The van der Waals surface area contributed by atoms with E-state index in [0.29, 0.717) is 22.5 Å². The van der Waals surface area contributed by atoms with E-state index in [9.17, 15) is 23.5 Å². The van der Waals surface area contributed by atoms with Crippen LogP contribution in [-0.2, 0) is 23.7 Å². The minimum absolute atomic E-state index is 0.0104. The molecule has 8 rings (SSSR count). The zero-order valence-electron chi connectivity index (χ0n) is 32.3. The molecular weight excluding hydrogens is 754 g/mol. The first-order valence-corrected chi connectivity index (χ1v) is 19.1. The minimum atomic E-state index is -1.24. The Morgan fingerprint density at radius 3 is 2.07 bits per heavy atom. The van der Waals surface area contributed by atoms with Gasteiger partial charge >= 0.3 is 6.09 Å². The third kappa shape index (κ3) is 8.20. The zero-order valence-corrected chi connectivity index (χ0v) is 32.3. The highest BCUT2D eigenvalue weighted by atomic mass is 19.1. The smallest absolute Gasteiger partial charge is 0.410 e. The Balaban J connectivity index is 1.08. The molecule has 15 nitrogen and oxygen atoms in total. The summed E-state index contributed by atoms with van der Waals surface area (Å²) in [5.41, 5.74) is 1.79. The Labute approximate surface area is 333 Å². The largest absolute Gasteiger partial charge is 0.444 e. The number of fused-ring (bicyclic) bond motifs is 1. The van der Waals surface area contributed by atoms with Crippen molar-refractivity contribution >= 4 is 12.0 Å². The fraction of sp³-hybridized carbons (Fsp3) is 0.415. The van der Waals surface area contributed by atoms with Gasteiger partial charge in [-0.1, -0.05) is 65.0 Å². The van der Waals surface area contributed by atoms with Crippen molar-refractivity contribution < 1.29 is 42.4 Å². The fourth-order valence-corrected chi connectivity index (χ4v) is 7.72. The van der Waals surface area contributed by atoms with Crippen molar-refractivity contribution in [1.29, 1.82) is 0 Å². The van der Waals surface area contributed by atoms with E-state index in [1.54, 1.807) is 69.2 Å². The highest BCUT2D eigenvalue weighted by Gasteiger charge is 2.50. The van der Waals surface area contributed by atoms with Gasteiger partial charge in [-0.15, -0.1) is 10.2 Å². The Kier molecular flexibility index (Phi) is 10.8. The number of aliphatic hydroxyl groups excluding tert-OH is 1. The first-order valence-electron chi connectivity index (χ1n) is 19.1. The number of aliphatic hydroxyl groups is 1. The highest BCUT2D eigenvalue weighted by Crippen LogP contribution is 2.40. The van der Waals surface area contributed by atoms with E-state index >= 15 is 0 Å². The number of amides is 2. The van der Waals surface area contributed by atoms with Crippen molar-refractivity contribution in [2.24, 2.45) is 0 Å². The molecule has 17 heteroatoms. The molecular formula is C41H44F2N8O7. The molecule has 0 unspecified atom stereocenters. The summed E-state index contributed by atoms with van der Waals surface area (Å²) in [5, 5.41) is 29.2. The summed E-state index contributed by atoms with van der Waals surface area (Å²) in [4.78, 5) is 31.0. The van der Waals surface area contributed by atoms with Gasteiger partial charge in [0.25, 0.3) is 5.91 Å². The van der Waals surface area contributed by atoms with E-state index < -0.39 is 78.1 Å². The van der Waals surface area contributed by atoms with Crippen molar-refractivity contribution in [2.45, 2.75) is 81.6 Å². The lowest BCUT2D eigenvalue weighted by molar-refractivity contribution is -0.298. The van der Waals surface area contributed by atoms with E-state index in [1.807, 2.05) is 30.3 Å². The molecule has 0 aliphatic carbocycles. The summed E-state index contributed by atoms with van der Waals surface area (Å²) >= 11 is 0. The molecule has 2 amide bonds. The van der Waals surface area contributed by atoms with Crippen LogP contribution in [0.4, 0.5) is 13.6 Å². The second-order valence-corrected chi connectivity index (χ2v) is 15.8. The Hall–Kier alpha value is -5.62. The van der Waals surface area contributed by atoms with E-state index in [-0.39, 0.29) is 26.1 Å². The van der Waals surface area contributed by atoms with Crippen molar-refractivity contribution in [3.05, 3.63) is 108 Å². The number of ether oxygens (including phenoxy) is 4. The van der Waals surface area contributed by atoms with Crippen LogP contribution < -0.4 is 0 Å². The molecule has 0 spiro atoms. The Morgan fingerprint density at radius 2 is 1.47 bits per heavy atom. The number of carbonyl (C=O) groups is 2. The fourth-order valence-electron chi connectivity index (χ4n) is 7.72. The average Bonchev–Trinajstić information content (AvgIpc) is 3.91. The van der Waals surface area contributed by atoms with Crippen LogP contribution in [0.25, 0.3) is 22.5 Å². The van der Waals surface area contributed by atoms with Crippen molar-refractivity contribution in [3.8, 4) is 22.5 Å². The molecule has 3 saturated heterocycles. The predicted octanol–water partition coefficient (Wildman–Crippen LogP) is 4.97. The summed E-state index contributed by atoms with van der Waals surface area (Å²) in [7, 11) is 1.55. The Morgan fingerprint density at radius 1 is 0.845 bits per heavy atom. The number of aromatic nitrogens is 6. The van der Waals surface area contributed by atoms with E-state index in [2.05, 4.69) is 20.6 Å². The number of nitrogens with zero attached hydrogens (tertiary/aromatic N) is 8. The quantitative estimate of drug-likeness (QED) is 0.237. The molecule has 5 aromatic rings. The molecule has 3 aromatic carbocycles. The Bertz CT molecular complexity index is 2250. The molecule has 3 aliphatic rings. The number of carbonyl (C=O) groups excluding carboxylic acids is 2.